The van der Waals surface area contributed by atoms with E-state index in [0.29, 0.717) is 30.8 Å². The lowest BCUT2D eigenvalue weighted by Crippen LogP contribution is -2.30. The van der Waals surface area contributed by atoms with Crippen molar-refractivity contribution in [1.29, 1.82) is 0 Å². The van der Waals surface area contributed by atoms with Crippen LogP contribution < -0.4 is 10.2 Å². The van der Waals surface area contributed by atoms with E-state index in [1.165, 1.54) is 12.1 Å². The van der Waals surface area contributed by atoms with Crippen LogP contribution in [0, 0.1) is 5.82 Å². The summed E-state index contributed by atoms with van der Waals surface area (Å²) in [5.74, 6) is -0.480. The molecule has 154 valence electrons. The Balaban J connectivity index is 1.83. The minimum atomic E-state index is -0.314. The van der Waals surface area contributed by atoms with Gasteiger partial charge < -0.3 is 10.2 Å². The highest BCUT2D eigenvalue weighted by Gasteiger charge is 2.18. The number of anilines is 1. The SMILES string of the molecule is CCCNC(=O)Cc1ccc(N(Cc2ccc(F)cc2)C(=O)c2ccccc2)cc1. The lowest BCUT2D eigenvalue weighted by Gasteiger charge is -2.23. The van der Waals surface area contributed by atoms with Crippen molar-refractivity contribution in [3.8, 4) is 0 Å². The molecule has 0 saturated heterocycles. The van der Waals surface area contributed by atoms with E-state index < -0.39 is 0 Å². The zero-order valence-electron chi connectivity index (χ0n) is 17.0. The van der Waals surface area contributed by atoms with Crippen LogP contribution >= 0.6 is 0 Å². The molecule has 0 heterocycles. The van der Waals surface area contributed by atoms with Gasteiger partial charge in [0, 0.05) is 17.8 Å². The molecular weight excluding hydrogens is 379 g/mol. The monoisotopic (exact) mass is 404 g/mol. The molecule has 0 aliphatic heterocycles. The number of hydrogen-bond donors (Lipinski definition) is 1. The van der Waals surface area contributed by atoms with E-state index in [1.807, 2.05) is 49.4 Å². The molecule has 2 amide bonds. The number of carbonyl (C=O) groups excluding carboxylic acids is 2. The van der Waals surface area contributed by atoms with Gasteiger partial charge in [-0.1, -0.05) is 49.4 Å². The van der Waals surface area contributed by atoms with Crippen LogP contribution in [0.2, 0.25) is 0 Å². The molecule has 0 unspecified atom stereocenters. The Kier molecular flexibility index (Phi) is 7.33. The molecule has 0 bridgehead atoms. The van der Waals surface area contributed by atoms with E-state index in [0.717, 1.165) is 17.5 Å². The molecule has 3 aromatic rings. The largest absolute Gasteiger partial charge is 0.356 e. The summed E-state index contributed by atoms with van der Waals surface area (Å²) in [5, 5.41) is 2.86. The molecule has 0 aromatic heterocycles. The molecule has 0 radical (unpaired) electrons. The molecule has 0 saturated carbocycles. The lowest BCUT2D eigenvalue weighted by molar-refractivity contribution is -0.120. The summed E-state index contributed by atoms with van der Waals surface area (Å²) in [6, 6.07) is 22.6. The van der Waals surface area contributed by atoms with Crippen molar-refractivity contribution in [3.63, 3.8) is 0 Å². The summed E-state index contributed by atoms with van der Waals surface area (Å²) >= 11 is 0. The molecule has 0 fully saturated rings. The Morgan fingerprint density at radius 1 is 0.867 bits per heavy atom. The van der Waals surface area contributed by atoms with Crippen molar-refractivity contribution in [3.05, 3.63) is 101 Å². The Morgan fingerprint density at radius 2 is 1.50 bits per heavy atom. The summed E-state index contributed by atoms with van der Waals surface area (Å²) in [5.41, 5.74) is 2.98. The first-order valence-electron chi connectivity index (χ1n) is 10.0. The minimum absolute atomic E-state index is 0.0202. The van der Waals surface area contributed by atoms with Gasteiger partial charge in [-0.3, -0.25) is 9.59 Å². The zero-order chi connectivity index (χ0) is 21.3. The quantitative estimate of drug-likeness (QED) is 0.589. The molecule has 5 heteroatoms. The molecule has 0 aliphatic carbocycles. The summed E-state index contributed by atoms with van der Waals surface area (Å²) < 4.78 is 13.3. The number of halogens is 1. The van der Waals surface area contributed by atoms with Crippen molar-refractivity contribution >= 4 is 17.5 Å². The molecule has 3 aromatic carbocycles. The first-order valence-corrected chi connectivity index (χ1v) is 10.0. The van der Waals surface area contributed by atoms with Gasteiger partial charge in [-0.15, -0.1) is 0 Å². The van der Waals surface area contributed by atoms with Crippen LogP contribution in [0.3, 0.4) is 0 Å². The maximum Gasteiger partial charge on any atom is 0.258 e. The van der Waals surface area contributed by atoms with Crippen molar-refractivity contribution in [2.75, 3.05) is 11.4 Å². The van der Waals surface area contributed by atoms with Crippen molar-refractivity contribution in [2.45, 2.75) is 26.3 Å². The summed E-state index contributed by atoms with van der Waals surface area (Å²) in [4.78, 5) is 26.8. The van der Waals surface area contributed by atoms with Gasteiger partial charge >= 0.3 is 0 Å². The third-order valence-electron chi connectivity index (χ3n) is 4.70. The first kappa shape index (κ1) is 21.2. The number of carbonyl (C=O) groups is 2. The average molecular weight is 404 g/mol. The third-order valence-corrected chi connectivity index (χ3v) is 4.70. The van der Waals surface area contributed by atoms with Gasteiger partial charge in [-0.2, -0.15) is 0 Å². The molecule has 0 atom stereocenters. The first-order chi connectivity index (χ1) is 14.6. The van der Waals surface area contributed by atoms with E-state index in [2.05, 4.69) is 5.32 Å². The van der Waals surface area contributed by atoms with E-state index >= 15 is 0 Å². The normalized spacial score (nSPS) is 10.5. The highest BCUT2D eigenvalue weighted by Crippen LogP contribution is 2.21. The fourth-order valence-electron chi connectivity index (χ4n) is 3.10. The van der Waals surface area contributed by atoms with E-state index in [-0.39, 0.29) is 17.6 Å². The van der Waals surface area contributed by atoms with Crippen LogP contribution in [0.15, 0.2) is 78.9 Å². The number of rotatable bonds is 8. The van der Waals surface area contributed by atoms with Crippen LogP contribution in [0.5, 0.6) is 0 Å². The van der Waals surface area contributed by atoms with Gasteiger partial charge in [0.05, 0.1) is 13.0 Å². The third kappa shape index (κ3) is 5.77. The molecule has 3 rings (SSSR count). The Bertz CT molecular complexity index is 970. The second kappa shape index (κ2) is 10.3. The summed E-state index contributed by atoms with van der Waals surface area (Å²) in [6.07, 6.45) is 1.19. The lowest BCUT2D eigenvalue weighted by atomic mass is 10.1. The van der Waals surface area contributed by atoms with Crippen LogP contribution in [0.25, 0.3) is 0 Å². The zero-order valence-corrected chi connectivity index (χ0v) is 17.0. The van der Waals surface area contributed by atoms with Gasteiger partial charge in [0.25, 0.3) is 5.91 Å². The van der Waals surface area contributed by atoms with Crippen molar-refractivity contribution in [2.24, 2.45) is 0 Å². The second-order valence-electron chi connectivity index (χ2n) is 7.08. The number of nitrogens with zero attached hydrogens (tertiary/aromatic N) is 1. The highest BCUT2D eigenvalue weighted by molar-refractivity contribution is 6.06. The molecule has 0 aliphatic rings. The smallest absolute Gasteiger partial charge is 0.258 e. The van der Waals surface area contributed by atoms with Gasteiger partial charge in [-0.25, -0.2) is 4.39 Å². The summed E-state index contributed by atoms with van der Waals surface area (Å²) in [6.45, 7) is 2.98. The van der Waals surface area contributed by atoms with E-state index in [9.17, 15) is 14.0 Å². The molecule has 1 N–H and O–H groups in total. The molecular formula is C25H25FN2O2. The second-order valence-corrected chi connectivity index (χ2v) is 7.08. The highest BCUT2D eigenvalue weighted by atomic mass is 19.1. The van der Waals surface area contributed by atoms with Gasteiger partial charge in [0.15, 0.2) is 0 Å². The van der Waals surface area contributed by atoms with Crippen LogP contribution in [0.4, 0.5) is 10.1 Å². The number of amides is 2. The molecule has 0 spiro atoms. The van der Waals surface area contributed by atoms with Gasteiger partial charge in [0.1, 0.15) is 5.82 Å². The fraction of sp³-hybridized carbons (Fsp3) is 0.200. The number of nitrogens with one attached hydrogen (secondary N) is 1. The van der Waals surface area contributed by atoms with Crippen molar-refractivity contribution in [1.82, 2.24) is 5.32 Å². The Hall–Kier alpha value is -3.47. The van der Waals surface area contributed by atoms with Gasteiger partial charge in [-0.05, 0) is 53.9 Å². The molecule has 4 nitrogen and oxygen atoms in total. The van der Waals surface area contributed by atoms with Crippen LogP contribution in [-0.4, -0.2) is 18.4 Å². The van der Waals surface area contributed by atoms with Crippen LogP contribution in [-0.2, 0) is 17.8 Å². The number of benzene rings is 3. The topological polar surface area (TPSA) is 49.4 Å². The summed E-state index contributed by atoms with van der Waals surface area (Å²) in [7, 11) is 0. The standard InChI is InChI=1S/C25H25FN2O2/c1-2-16-27-24(29)17-19-10-14-23(15-11-19)28(18-20-8-12-22(26)13-9-20)25(30)21-6-4-3-5-7-21/h3-15H,2,16-18H2,1H3,(H,27,29). The maximum atomic E-state index is 13.3. The number of hydrogen-bond acceptors (Lipinski definition) is 2. The van der Waals surface area contributed by atoms with E-state index in [4.69, 9.17) is 0 Å². The maximum absolute atomic E-state index is 13.3. The van der Waals surface area contributed by atoms with Crippen molar-refractivity contribution < 1.29 is 14.0 Å². The molecule has 30 heavy (non-hydrogen) atoms. The Morgan fingerprint density at radius 3 is 2.13 bits per heavy atom. The predicted octanol–water partition coefficient (Wildman–Crippen LogP) is 4.74. The minimum Gasteiger partial charge on any atom is -0.356 e. The van der Waals surface area contributed by atoms with Gasteiger partial charge in [0.2, 0.25) is 5.91 Å². The van der Waals surface area contributed by atoms with E-state index in [1.54, 1.807) is 29.2 Å². The predicted molar refractivity (Wildman–Crippen MR) is 117 cm³/mol. The fourth-order valence-corrected chi connectivity index (χ4v) is 3.10. The Labute approximate surface area is 176 Å². The van der Waals surface area contributed by atoms with Crippen LogP contribution in [0.1, 0.15) is 34.8 Å². The average Bonchev–Trinajstić information content (AvgIpc) is 2.78.